The van der Waals surface area contributed by atoms with Crippen molar-refractivity contribution in [1.82, 2.24) is 10.2 Å². The van der Waals surface area contributed by atoms with E-state index in [9.17, 15) is 26.8 Å². The summed E-state index contributed by atoms with van der Waals surface area (Å²) in [5.41, 5.74) is 2.33. The van der Waals surface area contributed by atoms with Crippen LogP contribution in [0.5, 0.6) is 11.5 Å². The molecular formula is C38H35F2N3O6S. The molecule has 0 saturated heterocycles. The van der Waals surface area contributed by atoms with E-state index < -0.39 is 46.1 Å². The predicted molar refractivity (Wildman–Crippen MR) is 185 cm³/mol. The lowest BCUT2D eigenvalue weighted by molar-refractivity contribution is -0.143. The number of halogens is 2. The third-order valence-corrected chi connectivity index (χ3v) is 9.12. The van der Waals surface area contributed by atoms with E-state index in [0.717, 1.165) is 23.4 Å². The summed E-state index contributed by atoms with van der Waals surface area (Å²) >= 11 is 0. The molecule has 0 spiro atoms. The molecule has 0 aromatic heterocycles. The van der Waals surface area contributed by atoms with Gasteiger partial charge in [-0.3, -0.25) is 14.3 Å². The van der Waals surface area contributed by atoms with Crippen LogP contribution in [0.25, 0.3) is 0 Å². The highest BCUT2D eigenvalue weighted by Gasteiger charge is 2.32. The van der Waals surface area contributed by atoms with Gasteiger partial charge >= 0.3 is 0 Å². The third-order valence-electron chi connectivity index (χ3n) is 7.73. The molecule has 2 N–H and O–H groups in total. The fourth-order valence-electron chi connectivity index (χ4n) is 5.11. The summed E-state index contributed by atoms with van der Waals surface area (Å²) in [7, 11) is -2.40. The van der Waals surface area contributed by atoms with Crippen LogP contribution in [0.3, 0.4) is 0 Å². The molecule has 1 atom stereocenters. The van der Waals surface area contributed by atoms with Crippen molar-refractivity contribution in [3.05, 3.63) is 156 Å². The maximum absolute atomic E-state index is 13.9. The van der Waals surface area contributed by atoms with Crippen LogP contribution in [0.1, 0.15) is 22.7 Å². The molecule has 0 bridgehead atoms. The Morgan fingerprint density at radius 2 is 1.32 bits per heavy atom. The Balaban J connectivity index is 1.33. The van der Waals surface area contributed by atoms with E-state index in [-0.39, 0.29) is 22.9 Å². The van der Waals surface area contributed by atoms with Crippen LogP contribution >= 0.6 is 0 Å². The zero-order chi connectivity index (χ0) is 35.5. The van der Waals surface area contributed by atoms with E-state index in [0.29, 0.717) is 24.1 Å². The van der Waals surface area contributed by atoms with Crippen molar-refractivity contribution in [1.29, 1.82) is 0 Å². The molecule has 258 valence electrons. The maximum Gasteiger partial charge on any atom is 0.261 e. The molecule has 9 nitrogen and oxygen atoms in total. The van der Waals surface area contributed by atoms with Crippen LogP contribution in [-0.2, 0) is 32.6 Å². The first kappa shape index (κ1) is 35.6. The number of rotatable bonds is 15. The van der Waals surface area contributed by atoms with Crippen LogP contribution in [-0.4, -0.2) is 45.4 Å². The molecular weight excluding hydrogens is 664 g/mol. The number of sulfonamides is 1. The summed E-state index contributed by atoms with van der Waals surface area (Å²) in [4.78, 5) is 29.1. The first-order valence-electron chi connectivity index (χ1n) is 15.6. The molecule has 0 saturated carbocycles. The van der Waals surface area contributed by atoms with E-state index in [4.69, 9.17) is 9.47 Å². The highest BCUT2D eigenvalue weighted by atomic mass is 32.2. The van der Waals surface area contributed by atoms with Gasteiger partial charge in [0, 0.05) is 18.8 Å². The summed E-state index contributed by atoms with van der Waals surface area (Å²) in [6.07, 6.45) is 0.539. The number of anilines is 1. The van der Waals surface area contributed by atoms with Crippen LogP contribution in [0.4, 0.5) is 14.5 Å². The van der Waals surface area contributed by atoms with Crippen molar-refractivity contribution in [3.8, 4) is 11.5 Å². The third kappa shape index (κ3) is 9.66. The Morgan fingerprint density at radius 3 is 1.94 bits per heavy atom. The zero-order valence-electron chi connectivity index (χ0n) is 27.1. The van der Waals surface area contributed by atoms with E-state index in [1.807, 2.05) is 24.3 Å². The fraction of sp³-hybridized carbons (Fsp3) is 0.158. The Hall–Kier alpha value is -5.75. The Kier molecular flexibility index (Phi) is 11.8. The van der Waals surface area contributed by atoms with Gasteiger partial charge in [0.25, 0.3) is 15.9 Å². The number of carbonyl (C=O) groups is 2. The number of carbonyl (C=O) groups excluding carboxylic acids is 2. The van der Waals surface area contributed by atoms with Crippen molar-refractivity contribution in [2.24, 2.45) is 0 Å². The summed E-state index contributed by atoms with van der Waals surface area (Å²) in [6, 6.07) is 31.2. The van der Waals surface area contributed by atoms with Gasteiger partial charge in [-0.05, 0) is 95.9 Å². The van der Waals surface area contributed by atoms with Crippen molar-refractivity contribution in [2.45, 2.75) is 23.9 Å². The molecule has 0 aliphatic rings. The predicted octanol–water partition coefficient (Wildman–Crippen LogP) is 6.28. The van der Waals surface area contributed by atoms with E-state index >= 15 is 0 Å². The minimum absolute atomic E-state index is 0.0276. The number of benzene rings is 5. The number of methoxy groups -OCH3 is 1. The van der Waals surface area contributed by atoms with Gasteiger partial charge in [0.05, 0.1) is 12.0 Å². The molecule has 0 unspecified atom stereocenters. The van der Waals surface area contributed by atoms with Gasteiger partial charge < -0.3 is 19.7 Å². The second-order valence-electron chi connectivity index (χ2n) is 11.2. The molecule has 50 heavy (non-hydrogen) atoms. The minimum atomic E-state index is -3.99. The number of nitrogens with one attached hydrogen (secondary N) is 2. The van der Waals surface area contributed by atoms with E-state index in [2.05, 4.69) is 10.0 Å². The van der Waals surface area contributed by atoms with Gasteiger partial charge in [-0.1, -0.05) is 54.6 Å². The average Bonchev–Trinajstić information content (AvgIpc) is 3.13. The van der Waals surface area contributed by atoms with E-state index in [1.165, 1.54) is 53.4 Å². The first-order valence-corrected chi connectivity index (χ1v) is 17.1. The smallest absolute Gasteiger partial charge is 0.261 e. The molecule has 0 heterocycles. The van der Waals surface area contributed by atoms with Crippen molar-refractivity contribution < 1.29 is 36.3 Å². The quantitative estimate of drug-likeness (QED) is 0.133. The summed E-state index contributed by atoms with van der Waals surface area (Å²) in [6.45, 7) is -0.210. The summed E-state index contributed by atoms with van der Waals surface area (Å²) in [5.74, 6) is -0.962. The minimum Gasteiger partial charge on any atom is -0.497 e. The Morgan fingerprint density at radius 1 is 0.740 bits per heavy atom. The Bertz CT molecular complexity index is 1980. The second kappa shape index (κ2) is 16.6. The standard InChI is InChI=1S/C38H35F2N3O6S/c1-48-33-17-9-27(10-18-33)23-24-41-38(45)37(29-5-3-2-4-6-29)43(25-28-7-11-30(39)12-8-28)36(44)26-49-34-19-21-35(22-20-34)50(46,47)42-32-15-13-31(40)14-16-32/h2-22,37,42H,23-26H2,1H3,(H,41,45)/t37-/m1/s1. The topological polar surface area (TPSA) is 114 Å². The van der Waals surface area contributed by atoms with Gasteiger partial charge in [-0.25, -0.2) is 17.2 Å². The average molecular weight is 700 g/mol. The Labute approximate surface area is 289 Å². The van der Waals surface area contributed by atoms with Crippen LogP contribution in [0.15, 0.2) is 132 Å². The largest absolute Gasteiger partial charge is 0.497 e. The fourth-order valence-corrected chi connectivity index (χ4v) is 6.17. The molecule has 5 aromatic carbocycles. The monoisotopic (exact) mass is 699 g/mol. The number of hydrogen-bond donors (Lipinski definition) is 2. The normalized spacial score (nSPS) is 11.7. The first-order chi connectivity index (χ1) is 24.1. The van der Waals surface area contributed by atoms with Crippen molar-refractivity contribution in [3.63, 3.8) is 0 Å². The molecule has 5 aromatic rings. The number of nitrogens with zero attached hydrogens (tertiary/aromatic N) is 1. The lowest BCUT2D eigenvalue weighted by atomic mass is 10.0. The summed E-state index contributed by atoms with van der Waals surface area (Å²) < 4.78 is 66.0. The molecule has 5 rings (SSSR count). The molecule has 2 amide bonds. The van der Waals surface area contributed by atoms with Gasteiger partial charge in [0.15, 0.2) is 6.61 Å². The zero-order valence-corrected chi connectivity index (χ0v) is 27.9. The van der Waals surface area contributed by atoms with Gasteiger partial charge in [0.2, 0.25) is 5.91 Å². The van der Waals surface area contributed by atoms with Crippen molar-refractivity contribution >= 4 is 27.5 Å². The van der Waals surface area contributed by atoms with Gasteiger partial charge in [0.1, 0.15) is 29.2 Å². The molecule has 0 aliphatic heterocycles. The highest BCUT2D eigenvalue weighted by molar-refractivity contribution is 7.92. The molecule has 0 fully saturated rings. The van der Waals surface area contributed by atoms with Crippen LogP contribution < -0.4 is 19.5 Å². The molecule has 12 heteroatoms. The highest BCUT2D eigenvalue weighted by Crippen LogP contribution is 2.25. The summed E-state index contributed by atoms with van der Waals surface area (Å²) in [5, 5.41) is 2.96. The second-order valence-corrected chi connectivity index (χ2v) is 12.9. The molecule has 0 radical (unpaired) electrons. The van der Waals surface area contributed by atoms with Gasteiger partial charge in [-0.15, -0.1) is 0 Å². The lowest BCUT2D eigenvalue weighted by Gasteiger charge is -2.31. The van der Waals surface area contributed by atoms with E-state index in [1.54, 1.807) is 49.6 Å². The van der Waals surface area contributed by atoms with Crippen molar-refractivity contribution in [2.75, 3.05) is 25.0 Å². The molecule has 0 aliphatic carbocycles. The SMILES string of the molecule is COc1ccc(CCNC(=O)[C@@H](c2ccccc2)N(Cc2ccc(F)cc2)C(=O)COc2ccc(S(=O)(=O)Nc3ccc(F)cc3)cc2)cc1. The van der Waals surface area contributed by atoms with Gasteiger partial charge in [-0.2, -0.15) is 0 Å². The number of hydrogen-bond acceptors (Lipinski definition) is 6. The lowest BCUT2D eigenvalue weighted by Crippen LogP contribution is -2.45. The number of ether oxygens (including phenoxy) is 2. The van der Waals surface area contributed by atoms with Crippen LogP contribution in [0, 0.1) is 11.6 Å². The number of amides is 2. The van der Waals surface area contributed by atoms with Crippen LogP contribution in [0.2, 0.25) is 0 Å². The maximum atomic E-state index is 13.9.